The highest BCUT2D eigenvalue weighted by Crippen LogP contribution is 2.27. The minimum Gasteiger partial charge on any atom is -0.386 e. The second kappa shape index (κ2) is 5.29. The zero-order valence-corrected chi connectivity index (χ0v) is 12.1. The van der Waals surface area contributed by atoms with E-state index in [1.165, 1.54) is 11.3 Å². The predicted octanol–water partition coefficient (Wildman–Crippen LogP) is 2.48. The number of rotatable bonds is 4. The molecule has 0 saturated heterocycles. The van der Waals surface area contributed by atoms with Crippen molar-refractivity contribution in [3.63, 3.8) is 0 Å². The molecule has 0 bridgehead atoms. The molecule has 0 aliphatic rings. The Morgan fingerprint density at radius 1 is 1.59 bits per heavy atom. The molecule has 2 aromatic rings. The van der Waals surface area contributed by atoms with Crippen LogP contribution >= 0.6 is 27.3 Å². The highest BCUT2D eigenvalue weighted by molar-refractivity contribution is 9.10. The molecule has 6 heteroatoms. The van der Waals surface area contributed by atoms with Gasteiger partial charge in [0.2, 0.25) is 0 Å². The summed E-state index contributed by atoms with van der Waals surface area (Å²) >= 11 is 5.01. The SMILES string of the molecule is CCc1nn(C)c(CC(O)c2nccs2)c1Br. The van der Waals surface area contributed by atoms with Gasteiger partial charge >= 0.3 is 0 Å². The van der Waals surface area contributed by atoms with E-state index in [1.54, 1.807) is 6.20 Å². The van der Waals surface area contributed by atoms with Crippen LogP contribution in [0.3, 0.4) is 0 Å². The van der Waals surface area contributed by atoms with Crippen LogP contribution in [-0.2, 0) is 19.9 Å². The maximum Gasteiger partial charge on any atom is 0.122 e. The Labute approximate surface area is 112 Å². The molecule has 0 radical (unpaired) electrons. The Kier molecular flexibility index (Phi) is 3.96. The number of thiazole rings is 1. The van der Waals surface area contributed by atoms with Crippen LogP contribution in [0.15, 0.2) is 16.0 Å². The minimum absolute atomic E-state index is 0.525. The van der Waals surface area contributed by atoms with Gasteiger partial charge in [-0.05, 0) is 22.4 Å². The molecule has 2 aromatic heterocycles. The normalized spacial score (nSPS) is 12.9. The minimum atomic E-state index is -0.564. The van der Waals surface area contributed by atoms with Gasteiger partial charge < -0.3 is 5.11 Å². The van der Waals surface area contributed by atoms with E-state index >= 15 is 0 Å². The number of aliphatic hydroxyl groups is 1. The van der Waals surface area contributed by atoms with Gasteiger partial charge in [0, 0.05) is 25.0 Å². The molecule has 1 unspecified atom stereocenters. The van der Waals surface area contributed by atoms with E-state index in [0.717, 1.165) is 27.3 Å². The van der Waals surface area contributed by atoms with E-state index in [2.05, 4.69) is 32.9 Å². The average Bonchev–Trinajstić information content (AvgIpc) is 2.92. The Hall–Kier alpha value is -0.720. The first-order valence-electron chi connectivity index (χ1n) is 5.41. The van der Waals surface area contributed by atoms with Crippen LogP contribution in [0.25, 0.3) is 0 Å². The van der Waals surface area contributed by atoms with E-state index in [4.69, 9.17) is 0 Å². The smallest absolute Gasteiger partial charge is 0.122 e. The standard InChI is InChI=1S/C11H14BrN3OS/c1-3-7-10(12)8(15(2)14-7)6-9(16)11-13-4-5-17-11/h4-5,9,16H,3,6H2,1-2H3. The molecule has 2 rings (SSSR count). The number of nitrogens with zero attached hydrogens (tertiary/aromatic N) is 3. The van der Waals surface area contributed by atoms with Crippen LogP contribution in [0.4, 0.5) is 0 Å². The third-order valence-electron chi connectivity index (χ3n) is 2.63. The molecular formula is C11H14BrN3OS. The summed E-state index contributed by atoms with van der Waals surface area (Å²) in [7, 11) is 1.90. The fraction of sp³-hybridized carbons (Fsp3) is 0.455. The number of aromatic nitrogens is 3. The lowest BCUT2D eigenvalue weighted by Crippen LogP contribution is -2.06. The summed E-state index contributed by atoms with van der Waals surface area (Å²) < 4.78 is 2.82. The third-order valence-corrected chi connectivity index (χ3v) is 4.42. The Bertz CT molecular complexity index is 495. The molecule has 4 nitrogen and oxygen atoms in total. The molecule has 1 N–H and O–H groups in total. The van der Waals surface area contributed by atoms with Gasteiger partial charge in [-0.15, -0.1) is 11.3 Å². The molecular weight excluding hydrogens is 302 g/mol. The molecule has 0 aromatic carbocycles. The largest absolute Gasteiger partial charge is 0.386 e. The molecule has 0 fully saturated rings. The summed E-state index contributed by atoms with van der Waals surface area (Å²) in [5.74, 6) is 0. The average molecular weight is 316 g/mol. The first kappa shape index (κ1) is 12.7. The maximum atomic E-state index is 10.1. The van der Waals surface area contributed by atoms with Crippen molar-refractivity contribution in [3.05, 3.63) is 32.4 Å². The molecule has 0 spiro atoms. The quantitative estimate of drug-likeness (QED) is 0.943. The maximum absolute atomic E-state index is 10.1. The van der Waals surface area contributed by atoms with Crippen molar-refractivity contribution in [2.24, 2.45) is 7.05 Å². The van der Waals surface area contributed by atoms with Crippen LogP contribution < -0.4 is 0 Å². The van der Waals surface area contributed by atoms with Crippen molar-refractivity contribution in [2.45, 2.75) is 25.9 Å². The summed E-state index contributed by atoms with van der Waals surface area (Å²) in [5.41, 5.74) is 2.03. The Balaban J connectivity index is 2.21. The summed E-state index contributed by atoms with van der Waals surface area (Å²) in [6, 6.07) is 0. The van der Waals surface area contributed by atoms with Crippen molar-refractivity contribution in [1.29, 1.82) is 0 Å². The molecule has 92 valence electrons. The highest BCUT2D eigenvalue weighted by Gasteiger charge is 2.18. The zero-order valence-electron chi connectivity index (χ0n) is 9.72. The van der Waals surface area contributed by atoms with Gasteiger partial charge in [0.15, 0.2) is 0 Å². The van der Waals surface area contributed by atoms with Crippen molar-refractivity contribution in [1.82, 2.24) is 14.8 Å². The first-order valence-corrected chi connectivity index (χ1v) is 7.08. The Morgan fingerprint density at radius 2 is 2.35 bits per heavy atom. The van der Waals surface area contributed by atoms with Gasteiger partial charge in [-0.1, -0.05) is 6.92 Å². The number of hydrogen-bond donors (Lipinski definition) is 1. The van der Waals surface area contributed by atoms with E-state index in [9.17, 15) is 5.11 Å². The number of aliphatic hydroxyl groups excluding tert-OH is 1. The first-order chi connectivity index (χ1) is 8.13. The zero-order chi connectivity index (χ0) is 12.4. The second-order valence-electron chi connectivity index (χ2n) is 3.77. The van der Waals surface area contributed by atoms with Gasteiger partial charge in [0.25, 0.3) is 0 Å². The summed E-state index contributed by atoms with van der Waals surface area (Å²) in [6.07, 6.45) is 2.55. The van der Waals surface area contributed by atoms with Crippen molar-refractivity contribution in [3.8, 4) is 0 Å². The Morgan fingerprint density at radius 3 is 2.88 bits per heavy atom. The fourth-order valence-corrected chi connectivity index (χ4v) is 3.11. The summed E-state index contributed by atoms with van der Waals surface area (Å²) in [6.45, 7) is 2.06. The van der Waals surface area contributed by atoms with Gasteiger partial charge in [-0.2, -0.15) is 5.10 Å². The van der Waals surface area contributed by atoms with Crippen molar-refractivity contribution >= 4 is 27.3 Å². The highest BCUT2D eigenvalue weighted by atomic mass is 79.9. The topological polar surface area (TPSA) is 50.9 Å². The molecule has 17 heavy (non-hydrogen) atoms. The van der Waals surface area contributed by atoms with Crippen LogP contribution in [0.1, 0.15) is 29.4 Å². The molecule has 2 heterocycles. The summed E-state index contributed by atoms with van der Waals surface area (Å²) in [4.78, 5) is 4.12. The van der Waals surface area contributed by atoms with E-state index in [0.29, 0.717) is 6.42 Å². The molecule has 0 aliphatic carbocycles. The number of halogens is 1. The third kappa shape index (κ3) is 2.59. The number of hydrogen-bond acceptors (Lipinski definition) is 4. The van der Waals surface area contributed by atoms with Crippen LogP contribution in [0, 0.1) is 0 Å². The lowest BCUT2D eigenvalue weighted by atomic mass is 10.2. The van der Waals surface area contributed by atoms with Gasteiger partial charge in [-0.3, -0.25) is 4.68 Å². The van der Waals surface area contributed by atoms with Crippen LogP contribution in [0.5, 0.6) is 0 Å². The van der Waals surface area contributed by atoms with Crippen LogP contribution in [0.2, 0.25) is 0 Å². The fourth-order valence-electron chi connectivity index (χ4n) is 1.71. The molecule has 0 saturated carbocycles. The van der Waals surface area contributed by atoms with E-state index in [-0.39, 0.29) is 0 Å². The predicted molar refractivity (Wildman–Crippen MR) is 71.1 cm³/mol. The van der Waals surface area contributed by atoms with Crippen molar-refractivity contribution in [2.75, 3.05) is 0 Å². The molecule has 0 amide bonds. The van der Waals surface area contributed by atoms with Gasteiger partial charge in [0.1, 0.15) is 11.1 Å². The van der Waals surface area contributed by atoms with Crippen LogP contribution in [-0.4, -0.2) is 19.9 Å². The summed E-state index contributed by atoms with van der Waals surface area (Å²) in [5, 5.41) is 17.1. The lowest BCUT2D eigenvalue weighted by Gasteiger charge is -2.08. The van der Waals surface area contributed by atoms with E-state index in [1.807, 2.05) is 17.1 Å². The number of aryl methyl sites for hydroxylation is 2. The van der Waals surface area contributed by atoms with Gasteiger partial charge in [-0.25, -0.2) is 4.98 Å². The van der Waals surface area contributed by atoms with Crippen molar-refractivity contribution < 1.29 is 5.11 Å². The monoisotopic (exact) mass is 315 g/mol. The second-order valence-corrected chi connectivity index (χ2v) is 5.49. The molecule has 0 aliphatic heterocycles. The van der Waals surface area contributed by atoms with Gasteiger partial charge in [0.05, 0.1) is 15.9 Å². The van der Waals surface area contributed by atoms with E-state index < -0.39 is 6.10 Å². The molecule has 1 atom stereocenters. The lowest BCUT2D eigenvalue weighted by molar-refractivity contribution is 0.175.